The van der Waals surface area contributed by atoms with E-state index in [1.165, 1.54) is 7.11 Å². The Kier molecular flexibility index (Phi) is 7.52. The van der Waals surface area contributed by atoms with Crippen LogP contribution in [0.3, 0.4) is 0 Å². The first-order valence-corrected chi connectivity index (χ1v) is 15.3. The van der Waals surface area contributed by atoms with E-state index in [2.05, 4.69) is 46.4 Å². The van der Waals surface area contributed by atoms with Gasteiger partial charge in [-0.1, -0.05) is 23.7 Å². The fourth-order valence-corrected chi connectivity index (χ4v) is 6.42. The van der Waals surface area contributed by atoms with Gasteiger partial charge in [-0.3, -0.25) is 9.71 Å². The van der Waals surface area contributed by atoms with Crippen LogP contribution in [0.5, 0.6) is 5.75 Å². The van der Waals surface area contributed by atoms with Crippen molar-refractivity contribution in [1.82, 2.24) is 14.9 Å². The summed E-state index contributed by atoms with van der Waals surface area (Å²) in [5.41, 5.74) is 7.24. The molecule has 1 aliphatic rings. The Hall–Kier alpha value is -3.60. The van der Waals surface area contributed by atoms with E-state index in [-0.39, 0.29) is 12.1 Å². The van der Waals surface area contributed by atoms with Crippen molar-refractivity contribution in [1.29, 1.82) is 0 Å². The summed E-state index contributed by atoms with van der Waals surface area (Å²) in [5.74, 6) is 0.380. The van der Waals surface area contributed by atoms with Crippen LogP contribution in [-0.4, -0.2) is 36.4 Å². The third kappa shape index (κ3) is 5.26. The summed E-state index contributed by atoms with van der Waals surface area (Å²) in [6, 6.07) is 18.7. The van der Waals surface area contributed by atoms with Crippen LogP contribution >= 0.6 is 23.8 Å². The molecule has 11 heteroatoms. The topological polar surface area (TPSA) is 88.5 Å². The van der Waals surface area contributed by atoms with Crippen LogP contribution in [0.15, 0.2) is 66.9 Å². The van der Waals surface area contributed by atoms with E-state index in [0.717, 1.165) is 45.8 Å². The van der Waals surface area contributed by atoms with E-state index in [9.17, 15) is 8.42 Å². The Morgan fingerprint density at radius 3 is 2.52 bits per heavy atom. The van der Waals surface area contributed by atoms with Crippen LogP contribution in [0.4, 0.5) is 11.4 Å². The second-order valence-electron chi connectivity index (χ2n) is 9.85. The molecule has 1 saturated heterocycles. The van der Waals surface area contributed by atoms with E-state index in [1.54, 1.807) is 18.3 Å². The van der Waals surface area contributed by atoms with Gasteiger partial charge in [-0.25, -0.2) is 8.42 Å². The van der Waals surface area contributed by atoms with Crippen molar-refractivity contribution in [2.24, 2.45) is 0 Å². The largest absolute Gasteiger partial charge is 0.494 e. The SMILES string of the molecule is COc1cc(N2C(=S)N[C@@H](c3ccccn3)[C@@H]2c2cc(C)n(-c3cc(Cl)ccc3C)c2C)ccc1NS(C)(=O)=O. The number of aromatic nitrogens is 2. The monoisotopic (exact) mass is 595 g/mol. The Bertz CT molecular complexity index is 1710. The lowest BCUT2D eigenvalue weighted by atomic mass is 9.96. The molecule has 0 spiro atoms. The summed E-state index contributed by atoms with van der Waals surface area (Å²) in [6.45, 7) is 6.24. The van der Waals surface area contributed by atoms with Gasteiger partial charge in [0.2, 0.25) is 10.0 Å². The number of sulfonamides is 1. The number of hydrogen-bond acceptors (Lipinski definition) is 5. The summed E-state index contributed by atoms with van der Waals surface area (Å²) in [7, 11) is -1.99. The number of halogens is 1. The minimum Gasteiger partial charge on any atom is -0.494 e. The summed E-state index contributed by atoms with van der Waals surface area (Å²) < 4.78 is 34.1. The number of anilines is 2. The molecule has 208 valence electrons. The number of methoxy groups -OCH3 is 1. The summed E-state index contributed by atoms with van der Waals surface area (Å²) in [6.07, 6.45) is 2.87. The Morgan fingerprint density at radius 1 is 1.07 bits per heavy atom. The number of ether oxygens (including phenoxy) is 1. The van der Waals surface area contributed by atoms with E-state index in [4.69, 9.17) is 28.6 Å². The summed E-state index contributed by atoms with van der Waals surface area (Å²) in [4.78, 5) is 6.70. The predicted octanol–water partition coefficient (Wildman–Crippen LogP) is 6.01. The smallest absolute Gasteiger partial charge is 0.229 e. The van der Waals surface area contributed by atoms with E-state index < -0.39 is 10.0 Å². The molecule has 1 fully saturated rings. The number of benzene rings is 2. The van der Waals surface area contributed by atoms with Crippen LogP contribution < -0.4 is 19.7 Å². The predicted molar refractivity (Wildman–Crippen MR) is 164 cm³/mol. The first kappa shape index (κ1) is 27.9. The number of nitrogens with zero attached hydrogens (tertiary/aromatic N) is 3. The van der Waals surface area contributed by atoms with Gasteiger partial charge in [0.15, 0.2) is 5.11 Å². The van der Waals surface area contributed by atoms with Crippen LogP contribution in [0, 0.1) is 20.8 Å². The van der Waals surface area contributed by atoms with Crippen LogP contribution in [0.1, 0.15) is 40.3 Å². The number of aryl methyl sites for hydroxylation is 2. The zero-order valence-electron chi connectivity index (χ0n) is 22.8. The van der Waals surface area contributed by atoms with Gasteiger partial charge in [-0.05, 0) is 86.6 Å². The Labute approximate surface area is 245 Å². The molecule has 2 aromatic heterocycles. The maximum atomic E-state index is 11.9. The molecule has 4 aromatic rings. The standard InChI is InChI=1S/C29H30ClN5O3S2/c1-17-9-10-20(30)15-25(17)34-18(2)14-22(19(34)3)28-27(24-8-6-7-13-31-24)32-29(39)35(28)21-11-12-23(26(16-21)38-4)33-40(5,36)37/h6-16,27-28,33H,1-5H3,(H,32,39)/t27-,28-/m0/s1. The van der Waals surface area contributed by atoms with Gasteiger partial charge in [-0.15, -0.1) is 0 Å². The van der Waals surface area contributed by atoms with Gasteiger partial charge in [0.1, 0.15) is 5.75 Å². The fraction of sp³-hybridized carbons (Fsp3) is 0.241. The van der Waals surface area contributed by atoms with Crippen molar-refractivity contribution >= 4 is 50.3 Å². The lowest BCUT2D eigenvalue weighted by molar-refractivity contribution is 0.417. The average molecular weight is 596 g/mol. The third-order valence-corrected chi connectivity index (χ3v) is 8.20. The molecule has 2 aromatic carbocycles. The van der Waals surface area contributed by atoms with Crippen LogP contribution in [0.25, 0.3) is 5.69 Å². The minimum absolute atomic E-state index is 0.247. The molecule has 0 saturated carbocycles. The molecule has 5 rings (SSSR count). The number of pyridine rings is 1. The average Bonchev–Trinajstić information content (AvgIpc) is 3.40. The zero-order chi connectivity index (χ0) is 28.8. The lowest BCUT2D eigenvalue weighted by Crippen LogP contribution is -2.29. The van der Waals surface area contributed by atoms with Gasteiger partial charge >= 0.3 is 0 Å². The molecular formula is C29H30ClN5O3S2. The maximum Gasteiger partial charge on any atom is 0.229 e. The second kappa shape index (κ2) is 10.8. The number of rotatable bonds is 7. The normalized spacial score (nSPS) is 17.1. The van der Waals surface area contributed by atoms with Gasteiger partial charge in [0.05, 0.1) is 36.8 Å². The molecule has 0 radical (unpaired) electrons. The molecule has 0 unspecified atom stereocenters. The molecular weight excluding hydrogens is 566 g/mol. The highest BCUT2D eigenvalue weighted by Crippen LogP contribution is 2.45. The number of thiocarbonyl (C=S) groups is 1. The van der Waals surface area contributed by atoms with E-state index in [1.807, 2.05) is 47.4 Å². The summed E-state index contributed by atoms with van der Waals surface area (Å²) >= 11 is 12.3. The summed E-state index contributed by atoms with van der Waals surface area (Å²) in [5, 5.41) is 4.68. The Morgan fingerprint density at radius 2 is 1.85 bits per heavy atom. The van der Waals surface area contributed by atoms with Gasteiger partial charge in [-0.2, -0.15) is 0 Å². The fourth-order valence-electron chi connectivity index (χ4n) is 5.34. The molecule has 0 bridgehead atoms. The van der Waals surface area contributed by atoms with E-state index in [0.29, 0.717) is 21.6 Å². The van der Waals surface area contributed by atoms with Gasteiger partial charge in [0.25, 0.3) is 0 Å². The van der Waals surface area contributed by atoms with Crippen molar-refractivity contribution in [2.45, 2.75) is 32.9 Å². The zero-order valence-corrected chi connectivity index (χ0v) is 25.2. The van der Waals surface area contributed by atoms with Crippen molar-refractivity contribution in [3.8, 4) is 11.4 Å². The van der Waals surface area contributed by atoms with Crippen molar-refractivity contribution in [2.75, 3.05) is 23.0 Å². The maximum absolute atomic E-state index is 11.9. The molecule has 0 aliphatic carbocycles. The highest BCUT2D eigenvalue weighted by atomic mass is 35.5. The molecule has 40 heavy (non-hydrogen) atoms. The third-order valence-electron chi connectivity index (χ3n) is 7.06. The lowest BCUT2D eigenvalue weighted by Gasteiger charge is -2.29. The quantitative estimate of drug-likeness (QED) is 0.253. The molecule has 3 heterocycles. The highest BCUT2D eigenvalue weighted by Gasteiger charge is 2.42. The number of nitrogens with one attached hydrogen (secondary N) is 2. The molecule has 0 amide bonds. The van der Waals surface area contributed by atoms with Gasteiger partial charge < -0.3 is 19.5 Å². The molecule has 8 nitrogen and oxygen atoms in total. The van der Waals surface area contributed by atoms with Crippen molar-refractivity contribution < 1.29 is 13.2 Å². The number of hydrogen-bond donors (Lipinski definition) is 2. The van der Waals surface area contributed by atoms with Crippen molar-refractivity contribution in [3.63, 3.8) is 0 Å². The molecule has 2 atom stereocenters. The first-order valence-electron chi connectivity index (χ1n) is 12.6. The Balaban J connectivity index is 1.68. The van der Waals surface area contributed by atoms with Crippen LogP contribution in [0.2, 0.25) is 5.02 Å². The highest BCUT2D eigenvalue weighted by molar-refractivity contribution is 7.92. The second-order valence-corrected chi connectivity index (χ2v) is 12.4. The van der Waals surface area contributed by atoms with E-state index >= 15 is 0 Å². The first-order chi connectivity index (χ1) is 19.0. The van der Waals surface area contributed by atoms with Gasteiger partial charge in [0, 0.05) is 40.0 Å². The molecule has 2 N–H and O–H groups in total. The van der Waals surface area contributed by atoms with Crippen molar-refractivity contribution in [3.05, 3.63) is 100 Å². The minimum atomic E-state index is -3.49. The van der Waals surface area contributed by atoms with Crippen LogP contribution in [-0.2, 0) is 10.0 Å². The molecule has 1 aliphatic heterocycles.